The summed E-state index contributed by atoms with van der Waals surface area (Å²) >= 11 is 9.48. The average Bonchev–Trinajstić information content (AvgIpc) is 1.69. The van der Waals surface area contributed by atoms with Crippen molar-refractivity contribution in [3.63, 3.8) is 0 Å². The van der Waals surface area contributed by atoms with Crippen molar-refractivity contribution in [3.05, 3.63) is 174 Å². The molecule has 35 heteroatoms. The number of likely N-dealkylation sites (tertiary alicyclic amines) is 2. The second-order valence-corrected chi connectivity index (χ2v) is 27.2. The standard InChI is InChI=1S/C25H20ClF3N2O5S.C22H23F3N2O5S.C21H21F3N2O5S.ClH/c26-20-12-17(22(33)15-6-8-16(9-7-15)36-25(27,28)29)23(37-20)30-21(32)13-31-18(10-11-19(31)24(34)35)14-4-2-1-3-5-14;1-2-15-11-16(18(29)13-5-7-14(8-6-13)32-22(23,24)25)19(33-15)27-17(28)12-26-21(20(30)31)9-3-4-10-21;1-2-14-10-15(18(28)12-5-7-13(8-6-12)31-21(22,23)24)19(32-14)25-17(27)11-26-9-3-4-16(26)20(29)30;/h1-9,12,18-19H,10-11,13H2,(H,30,32)(H,34,35);5-8,11,26H,2-4,9-10,12H2,1H3,(H,27,28)(H,30,31);5-8,10,16H,2-4,9,11H2,1H3,(H,25,27)(H,29,30);1H. The third kappa shape index (κ3) is 22.8. The highest BCUT2D eigenvalue weighted by atomic mass is 35.5. The van der Waals surface area contributed by atoms with Crippen molar-refractivity contribution in [1.29, 1.82) is 0 Å². The number of rotatable bonds is 25. The molecule has 3 aliphatic rings. The lowest BCUT2D eigenvalue weighted by Gasteiger charge is -2.27. The summed E-state index contributed by atoms with van der Waals surface area (Å²) in [6.07, 6.45) is -8.81. The van der Waals surface area contributed by atoms with Crippen LogP contribution in [-0.4, -0.2) is 141 Å². The number of anilines is 3. The Labute approximate surface area is 604 Å². The van der Waals surface area contributed by atoms with Gasteiger partial charge in [0.15, 0.2) is 17.3 Å². The second-order valence-electron chi connectivity index (χ2n) is 23.2. The number of alkyl halides is 9. The van der Waals surface area contributed by atoms with Crippen LogP contribution in [0.5, 0.6) is 17.2 Å². The van der Waals surface area contributed by atoms with Crippen LogP contribution in [0.2, 0.25) is 4.34 Å². The summed E-state index contributed by atoms with van der Waals surface area (Å²) < 4.78 is 123. The average molecular weight is 1540 g/mol. The molecule has 2 saturated heterocycles. The van der Waals surface area contributed by atoms with Crippen molar-refractivity contribution < 1.29 is 112 Å². The summed E-state index contributed by atoms with van der Waals surface area (Å²) in [6, 6.07) is 25.5. The van der Waals surface area contributed by atoms with Crippen molar-refractivity contribution in [2.24, 2.45) is 0 Å². The molecule has 1 aliphatic carbocycles. The number of carbonyl (C=O) groups is 9. The largest absolute Gasteiger partial charge is 0.573 e. The van der Waals surface area contributed by atoms with Crippen LogP contribution < -0.4 is 35.5 Å². The topological polar surface area (TPSA) is 297 Å². The number of thiophene rings is 3. The summed E-state index contributed by atoms with van der Waals surface area (Å²) in [5.74, 6) is -7.32. The van der Waals surface area contributed by atoms with Gasteiger partial charge >= 0.3 is 37.0 Å². The lowest BCUT2D eigenvalue weighted by atomic mass is 9.98. The Hall–Kier alpha value is -8.96. The monoisotopic (exact) mass is 1540 g/mol. The molecule has 21 nitrogen and oxygen atoms in total. The van der Waals surface area contributed by atoms with Crippen LogP contribution in [0.25, 0.3) is 0 Å². The van der Waals surface area contributed by atoms with E-state index in [1.807, 2.05) is 44.2 Å². The van der Waals surface area contributed by atoms with E-state index in [1.54, 1.807) is 21.9 Å². The third-order valence-electron chi connectivity index (χ3n) is 16.3. The minimum absolute atomic E-state index is 0. The van der Waals surface area contributed by atoms with Crippen LogP contribution in [0.1, 0.15) is 134 Å². The van der Waals surface area contributed by atoms with Gasteiger partial charge in [0, 0.05) is 32.5 Å². The fourth-order valence-electron chi connectivity index (χ4n) is 11.5. The smallest absolute Gasteiger partial charge is 0.480 e. The first-order valence-corrected chi connectivity index (χ1v) is 34.1. The maximum absolute atomic E-state index is 13.0. The number of nitrogens with zero attached hydrogens (tertiary/aromatic N) is 2. The predicted molar refractivity (Wildman–Crippen MR) is 365 cm³/mol. The molecule has 3 amide bonds. The molecule has 3 aromatic heterocycles. The molecule has 7 aromatic rings. The molecule has 3 atom stereocenters. The van der Waals surface area contributed by atoms with Crippen molar-refractivity contribution in [2.75, 3.05) is 42.1 Å². The Morgan fingerprint density at radius 3 is 1.34 bits per heavy atom. The van der Waals surface area contributed by atoms with E-state index in [2.05, 4.69) is 35.5 Å². The number of benzene rings is 4. The maximum atomic E-state index is 13.0. The molecule has 2 aliphatic heterocycles. The fraction of sp³-hybridized carbons (Fsp3) is 0.338. The predicted octanol–water partition coefficient (Wildman–Crippen LogP) is 14.5. The van der Waals surface area contributed by atoms with Gasteiger partial charge in [-0.2, -0.15) is 0 Å². The third-order valence-corrected chi connectivity index (χ3v) is 19.8. The van der Waals surface area contributed by atoms with E-state index in [0.717, 1.165) is 75.9 Å². The first-order valence-electron chi connectivity index (χ1n) is 31.3. The Morgan fingerprint density at radius 1 is 0.524 bits per heavy atom. The van der Waals surface area contributed by atoms with Gasteiger partial charge in [0.1, 0.15) is 49.9 Å². The van der Waals surface area contributed by atoms with Gasteiger partial charge in [-0.25, -0.2) is 0 Å². The van der Waals surface area contributed by atoms with E-state index in [9.17, 15) is 98.0 Å². The number of hydrogen-bond donors (Lipinski definition) is 7. The number of nitrogens with one attached hydrogen (secondary N) is 4. The van der Waals surface area contributed by atoms with Crippen LogP contribution >= 0.6 is 58.0 Å². The minimum atomic E-state index is -4.86. The number of halogens is 11. The molecule has 4 aromatic carbocycles. The molecule has 552 valence electrons. The molecule has 0 radical (unpaired) electrons. The van der Waals surface area contributed by atoms with Crippen molar-refractivity contribution >= 4 is 126 Å². The molecule has 0 bridgehead atoms. The number of carboxylic acids is 3. The molecular weight excluding hydrogens is 1480 g/mol. The summed E-state index contributed by atoms with van der Waals surface area (Å²) in [5.41, 5.74) is 0.602. The molecule has 3 unspecified atom stereocenters. The molecule has 10 rings (SSSR count). The van der Waals surface area contributed by atoms with Crippen LogP contribution in [0.4, 0.5) is 54.5 Å². The molecular formula is C68H65Cl2F9N6O15S3. The molecule has 7 N–H and O–H groups in total. The Bertz CT molecular complexity index is 4170. The summed E-state index contributed by atoms with van der Waals surface area (Å²) in [4.78, 5) is 117. The number of carboxylic acid groups (broad SMARTS) is 3. The maximum Gasteiger partial charge on any atom is 0.573 e. The highest BCUT2D eigenvalue weighted by Gasteiger charge is 2.43. The van der Waals surface area contributed by atoms with Crippen molar-refractivity contribution in [2.45, 2.75) is 121 Å². The van der Waals surface area contributed by atoms with E-state index in [1.165, 1.54) is 65.1 Å². The molecule has 1 saturated carbocycles. The minimum Gasteiger partial charge on any atom is -0.480 e. The van der Waals surface area contributed by atoms with Crippen LogP contribution in [0.3, 0.4) is 0 Å². The number of amides is 3. The highest BCUT2D eigenvalue weighted by Crippen LogP contribution is 2.40. The van der Waals surface area contributed by atoms with Crippen molar-refractivity contribution in [1.82, 2.24) is 15.1 Å². The number of hydrogen-bond acceptors (Lipinski definition) is 18. The van der Waals surface area contributed by atoms with Crippen LogP contribution in [-0.2, 0) is 41.6 Å². The zero-order valence-corrected chi connectivity index (χ0v) is 58.2. The first kappa shape index (κ1) is 81.3. The fourth-order valence-corrected chi connectivity index (χ4v) is 14.7. The first-order chi connectivity index (χ1) is 48.1. The van der Waals surface area contributed by atoms with E-state index < -0.39 is 107 Å². The van der Waals surface area contributed by atoms with Gasteiger partial charge in [0.05, 0.1) is 40.7 Å². The Kier molecular flexibility index (Phi) is 28.0. The second kappa shape index (κ2) is 35.5. The lowest BCUT2D eigenvalue weighted by molar-refractivity contribution is -0.275. The SMILES string of the molecule is CCc1cc(C(=O)c2ccc(OC(F)(F)F)cc2)c(NC(=O)CN2CCCC2C(=O)O)s1.CCc1cc(C(=O)c2ccc(OC(F)(F)F)cc2)c(NC(=O)CNC2(C(=O)O)CCCC2)s1.Cl.O=C(CN1C(C(=O)O)CCC1c1ccccc1)Nc1sc(Cl)cc1C(=O)c1ccc(OC(F)(F)F)cc1. The van der Waals surface area contributed by atoms with E-state index in [4.69, 9.17) is 11.6 Å². The number of ketones is 3. The van der Waals surface area contributed by atoms with E-state index in [0.29, 0.717) is 67.9 Å². The van der Waals surface area contributed by atoms with Gasteiger partial charge in [-0.05, 0) is 154 Å². The van der Waals surface area contributed by atoms with Gasteiger partial charge in [-0.3, -0.25) is 58.3 Å². The van der Waals surface area contributed by atoms with E-state index in [-0.39, 0.29) is 80.8 Å². The van der Waals surface area contributed by atoms with Gasteiger partial charge in [0.25, 0.3) is 0 Å². The summed E-state index contributed by atoms with van der Waals surface area (Å²) in [5, 5.41) is 40.1. The number of carbonyl (C=O) groups excluding carboxylic acids is 6. The van der Waals surface area contributed by atoms with Gasteiger partial charge in [0.2, 0.25) is 17.7 Å². The zero-order chi connectivity index (χ0) is 74.4. The lowest BCUT2D eigenvalue weighted by Crippen LogP contribution is -2.52. The molecule has 103 heavy (non-hydrogen) atoms. The number of aliphatic carboxylic acids is 3. The highest BCUT2D eigenvalue weighted by molar-refractivity contribution is 7.20. The Balaban J connectivity index is 0.000000216. The summed E-state index contributed by atoms with van der Waals surface area (Å²) in [7, 11) is 0. The molecule has 0 spiro atoms. The molecule has 5 heterocycles. The van der Waals surface area contributed by atoms with Gasteiger partial charge in [-0.15, -0.1) is 85.9 Å². The van der Waals surface area contributed by atoms with Crippen molar-refractivity contribution in [3.8, 4) is 17.2 Å². The normalized spacial score (nSPS) is 16.5. The van der Waals surface area contributed by atoms with Crippen LogP contribution in [0, 0.1) is 0 Å². The zero-order valence-electron chi connectivity index (χ0n) is 54.2. The molecule has 3 fully saturated rings. The van der Waals surface area contributed by atoms with Gasteiger partial charge in [-0.1, -0.05) is 68.6 Å². The van der Waals surface area contributed by atoms with Crippen LogP contribution in [0.15, 0.2) is 121 Å². The number of aryl methyl sites for hydroxylation is 2. The van der Waals surface area contributed by atoms with E-state index >= 15 is 0 Å². The van der Waals surface area contributed by atoms with Gasteiger partial charge < -0.3 is 45.5 Å². The number of ether oxygens (including phenoxy) is 3. The quantitative estimate of drug-likeness (QED) is 0.0207. The summed E-state index contributed by atoms with van der Waals surface area (Å²) in [6.45, 7) is 3.68. The Morgan fingerprint density at radius 2 is 0.932 bits per heavy atom.